The van der Waals surface area contributed by atoms with Crippen LogP contribution in [0.1, 0.15) is 51.2 Å². The van der Waals surface area contributed by atoms with E-state index in [9.17, 15) is 8.78 Å². The second kappa shape index (κ2) is 9.61. The average Bonchev–Trinajstić information content (AvgIpc) is 3.26. The van der Waals surface area contributed by atoms with Crippen molar-refractivity contribution in [2.24, 2.45) is 0 Å². The van der Waals surface area contributed by atoms with E-state index < -0.39 is 11.6 Å². The summed E-state index contributed by atoms with van der Waals surface area (Å²) in [5.41, 5.74) is 4.17. The van der Waals surface area contributed by atoms with Gasteiger partial charge in [-0.1, -0.05) is 61.9 Å². The van der Waals surface area contributed by atoms with Gasteiger partial charge in [0.1, 0.15) is 0 Å². The molecule has 162 valence electrons. The summed E-state index contributed by atoms with van der Waals surface area (Å²) in [4.78, 5) is 0. The molecule has 0 N–H and O–H groups in total. The van der Waals surface area contributed by atoms with E-state index in [-0.39, 0.29) is 24.0 Å². The Kier molecular flexibility index (Phi) is 6.67. The Balaban J connectivity index is 1.49. The predicted molar refractivity (Wildman–Crippen MR) is 120 cm³/mol. The quantitative estimate of drug-likeness (QED) is 0.388. The topological polar surface area (TPSA) is 18.5 Å². The predicted octanol–water partition coefficient (Wildman–Crippen LogP) is 7.72. The average molecular weight is 423 g/mol. The largest absolute Gasteiger partial charge is 0.491 e. The van der Waals surface area contributed by atoms with E-state index in [4.69, 9.17) is 9.47 Å². The number of halogens is 2. The highest BCUT2D eigenvalue weighted by atomic mass is 19.2. The van der Waals surface area contributed by atoms with Crippen LogP contribution in [0.5, 0.6) is 5.75 Å². The summed E-state index contributed by atoms with van der Waals surface area (Å²) in [6.45, 7) is 4.22. The monoisotopic (exact) mass is 422 g/mol. The molecule has 2 nitrogen and oxygen atoms in total. The van der Waals surface area contributed by atoms with Crippen molar-refractivity contribution < 1.29 is 18.3 Å². The first-order valence-electron chi connectivity index (χ1n) is 11.1. The van der Waals surface area contributed by atoms with Crippen molar-refractivity contribution in [2.75, 3.05) is 6.61 Å². The van der Waals surface area contributed by atoms with Gasteiger partial charge in [0.05, 0.1) is 18.8 Å². The van der Waals surface area contributed by atoms with Crippen LogP contribution in [0.25, 0.3) is 22.3 Å². The van der Waals surface area contributed by atoms with E-state index in [1.807, 2.05) is 24.3 Å². The van der Waals surface area contributed by atoms with Crippen LogP contribution in [-0.4, -0.2) is 12.7 Å². The van der Waals surface area contributed by atoms with Crippen LogP contribution in [0, 0.1) is 11.6 Å². The van der Waals surface area contributed by atoms with Crippen LogP contribution in [-0.2, 0) is 4.74 Å². The summed E-state index contributed by atoms with van der Waals surface area (Å²) < 4.78 is 40.0. The Morgan fingerprint density at radius 2 is 1.45 bits per heavy atom. The molecule has 0 aromatic heterocycles. The van der Waals surface area contributed by atoms with Crippen molar-refractivity contribution in [3.8, 4) is 28.0 Å². The minimum atomic E-state index is -0.950. The van der Waals surface area contributed by atoms with Gasteiger partial charge in [0.2, 0.25) is 5.82 Å². The molecule has 1 fully saturated rings. The minimum Gasteiger partial charge on any atom is -0.491 e. The van der Waals surface area contributed by atoms with Gasteiger partial charge in [-0.15, -0.1) is 0 Å². The summed E-state index contributed by atoms with van der Waals surface area (Å²) in [5, 5.41) is 0. The standard InChI is InChI=1S/C27H28F2O2/c1-3-5-22-14-16-24(31-22)21-12-8-19(9-13-21)18-6-10-20(11-7-18)23-15-17-25(30-4-2)27(29)26(23)28/h6-13,15,17,22,24H,3-5,14,16H2,1-2H3. The third kappa shape index (κ3) is 4.64. The SMILES string of the molecule is CCCC1CCC(c2ccc(-c3ccc(-c4ccc(OCC)c(F)c4F)cc3)cc2)O1. The van der Waals surface area contributed by atoms with Crippen LogP contribution < -0.4 is 4.74 Å². The lowest BCUT2D eigenvalue weighted by Gasteiger charge is -2.14. The van der Waals surface area contributed by atoms with Crippen LogP contribution in [0.15, 0.2) is 60.7 Å². The number of ether oxygens (including phenoxy) is 2. The fraction of sp³-hybridized carbons (Fsp3) is 0.333. The Bertz CT molecular complexity index is 1010. The molecule has 0 amide bonds. The van der Waals surface area contributed by atoms with Crippen molar-refractivity contribution in [2.45, 2.75) is 51.7 Å². The van der Waals surface area contributed by atoms with Crippen molar-refractivity contribution in [1.29, 1.82) is 0 Å². The lowest BCUT2D eigenvalue weighted by atomic mass is 9.98. The normalized spacial score (nSPS) is 18.3. The minimum absolute atomic E-state index is 0.0623. The van der Waals surface area contributed by atoms with Gasteiger partial charge < -0.3 is 9.47 Å². The molecule has 0 bridgehead atoms. The Morgan fingerprint density at radius 3 is 2.10 bits per heavy atom. The van der Waals surface area contributed by atoms with Gasteiger partial charge in [0, 0.05) is 5.56 Å². The highest BCUT2D eigenvalue weighted by Gasteiger charge is 2.25. The van der Waals surface area contributed by atoms with E-state index in [0.29, 0.717) is 11.7 Å². The summed E-state index contributed by atoms with van der Waals surface area (Å²) >= 11 is 0. The molecule has 4 rings (SSSR count). The lowest BCUT2D eigenvalue weighted by Crippen LogP contribution is -2.05. The molecule has 1 aliphatic rings. The summed E-state index contributed by atoms with van der Waals surface area (Å²) in [6, 6.07) is 19.0. The Labute approximate surface area is 182 Å². The van der Waals surface area contributed by atoms with Crippen LogP contribution >= 0.6 is 0 Å². The van der Waals surface area contributed by atoms with Gasteiger partial charge >= 0.3 is 0 Å². The molecule has 31 heavy (non-hydrogen) atoms. The van der Waals surface area contributed by atoms with E-state index in [2.05, 4.69) is 31.2 Å². The molecule has 1 aliphatic heterocycles. The highest BCUT2D eigenvalue weighted by Crippen LogP contribution is 2.36. The lowest BCUT2D eigenvalue weighted by molar-refractivity contribution is 0.0397. The van der Waals surface area contributed by atoms with Crippen molar-refractivity contribution in [3.63, 3.8) is 0 Å². The summed E-state index contributed by atoms with van der Waals surface area (Å²) in [5.74, 6) is -1.90. The van der Waals surface area contributed by atoms with Crippen LogP contribution in [0.3, 0.4) is 0 Å². The molecule has 1 saturated heterocycles. The van der Waals surface area contributed by atoms with Gasteiger partial charge in [-0.2, -0.15) is 4.39 Å². The van der Waals surface area contributed by atoms with Crippen molar-refractivity contribution in [1.82, 2.24) is 0 Å². The molecule has 0 spiro atoms. The number of benzene rings is 3. The van der Waals surface area contributed by atoms with Crippen molar-refractivity contribution >= 4 is 0 Å². The second-order valence-corrected chi connectivity index (χ2v) is 7.98. The first kappa shape index (κ1) is 21.5. The number of hydrogen-bond acceptors (Lipinski definition) is 2. The maximum absolute atomic E-state index is 14.5. The molecular weight excluding hydrogens is 394 g/mol. The molecular formula is C27H28F2O2. The number of rotatable bonds is 7. The first-order chi connectivity index (χ1) is 15.1. The molecule has 0 radical (unpaired) electrons. The van der Waals surface area contributed by atoms with Gasteiger partial charge in [-0.3, -0.25) is 0 Å². The zero-order valence-electron chi connectivity index (χ0n) is 18.0. The van der Waals surface area contributed by atoms with Crippen LogP contribution in [0.4, 0.5) is 8.78 Å². The third-order valence-electron chi connectivity index (χ3n) is 5.88. The zero-order chi connectivity index (χ0) is 21.8. The maximum atomic E-state index is 14.5. The van der Waals surface area contributed by atoms with E-state index in [1.165, 1.54) is 11.6 Å². The third-order valence-corrected chi connectivity index (χ3v) is 5.88. The second-order valence-electron chi connectivity index (χ2n) is 7.98. The molecule has 3 aromatic carbocycles. The maximum Gasteiger partial charge on any atom is 0.201 e. The molecule has 3 aromatic rings. The Hall–Kier alpha value is -2.72. The smallest absolute Gasteiger partial charge is 0.201 e. The van der Waals surface area contributed by atoms with Gasteiger partial charge in [0.15, 0.2) is 11.6 Å². The molecule has 1 heterocycles. The fourth-order valence-corrected chi connectivity index (χ4v) is 4.24. The van der Waals surface area contributed by atoms with E-state index in [1.54, 1.807) is 13.0 Å². The molecule has 0 aliphatic carbocycles. The zero-order valence-corrected chi connectivity index (χ0v) is 18.0. The number of hydrogen-bond donors (Lipinski definition) is 0. The Morgan fingerprint density at radius 1 is 0.806 bits per heavy atom. The van der Waals surface area contributed by atoms with E-state index in [0.717, 1.165) is 36.8 Å². The summed E-state index contributed by atoms with van der Waals surface area (Å²) in [6.07, 6.45) is 5.05. The first-order valence-corrected chi connectivity index (χ1v) is 11.1. The van der Waals surface area contributed by atoms with Gasteiger partial charge in [0.25, 0.3) is 0 Å². The van der Waals surface area contributed by atoms with Gasteiger partial charge in [-0.05, 0) is 60.6 Å². The molecule has 2 atom stereocenters. The molecule has 0 saturated carbocycles. The molecule has 4 heteroatoms. The summed E-state index contributed by atoms with van der Waals surface area (Å²) in [7, 11) is 0. The van der Waals surface area contributed by atoms with Crippen LogP contribution in [0.2, 0.25) is 0 Å². The highest BCUT2D eigenvalue weighted by molar-refractivity contribution is 5.71. The van der Waals surface area contributed by atoms with Crippen molar-refractivity contribution in [3.05, 3.63) is 77.9 Å². The van der Waals surface area contributed by atoms with Gasteiger partial charge in [-0.25, -0.2) is 4.39 Å². The van der Waals surface area contributed by atoms with E-state index >= 15 is 0 Å². The fourth-order valence-electron chi connectivity index (χ4n) is 4.24. The molecule has 2 unspecified atom stereocenters.